The highest BCUT2D eigenvalue weighted by Gasteiger charge is 2.35. The van der Waals surface area contributed by atoms with Crippen molar-refractivity contribution in [3.05, 3.63) is 35.6 Å². The zero-order valence-electron chi connectivity index (χ0n) is 10.8. The molecule has 0 saturated heterocycles. The van der Waals surface area contributed by atoms with E-state index in [4.69, 9.17) is 0 Å². The van der Waals surface area contributed by atoms with Gasteiger partial charge in [0.2, 0.25) is 0 Å². The fourth-order valence-corrected chi connectivity index (χ4v) is 3.25. The Hall–Kier alpha value is -0.890. The number of rotatable bonds is 3. The van der Waals surface area contributed by atoms with E-state index in [1.54, 1.807) is 12.1 Å². The third-order valence-corrected chi connectivity index (χ3v) is 4.16. The van der Waals surface area contributed by atoms with Gasteiger partial charge in [0.25, 0.3) is 0 Å². The molecular formula is C15H22FN. The highest BCUT2D eigenvalue weighted by molar-refractivity contribution is 5.22. The number of nitrogens with one attached hydrogen (secondary N) is 1. The van der Waals surface area contributed by atoms with Crippen LogP contribution < -0.4 is 5.32 Å². The molecule has 94 valence electrons. The topological polar surface area (TPSA) is 12.0 Å². The lowest BCUT2D eigenvalue weighted by molar-refractivity contribution is 0.150. The molecule has 1 aliphatic carbocycles. The molecule has 0 bridgehead atoms. The van der Waals surface area contributed by atoms with Crippen LogP contribution in [0.1, 0.15) is 50.6 Å². The number of hydrogen-bond acceptors (Lipinski definition) is 1. The third kappa shape index (κ3) is 2.68. The smallest absolute Gasteiger partial charge is 0.123 e. The predicted octanol–water partition coefficient (Wildman–Crippen LogP) is 4.06. The first-order valence-electron chi connectivity index (χ1n) is 6.58. The van der Waals surface area contributed by atoms with E-state index in [-0.39, 0.29) is 17.3 Å². The minimum Gasteiger partial charge on any atom is -0.313 e. The van der Waals surface area contributed by atoms with Crippen LogP contribution in [0, 0.1) is 11.2 Å². The van der Waals surface area contributed by atoms with Crippen LogP contribution in [0.15, 0.2) is 24.3 Å². The molecule has 0 radical (unpaired) electrons. The monoisotopic (exact) mass is 235 g/mol. The minimum absolute atomic E-state index is 0.137. The Morgan fingerprint density at radius 3 is 2.53 bits per heavy atom. The van der Waals surface area contributed by atoms with Crippen molar-refractivity contribution >= 4 is 0 Å². The molecule has 1 fully saturated rings. The largest absolute Gasteiger partial charge is 0.313 e. The molecule has 1 atom stereocenters. The first-order valence-corrected chi connectivity index (χ1v) is 6.58. The summed E-state index contributed by atoms with van der Waals surface area (Å²) in [4.78, 5) is 0. The van der Waals surface area contributed by atoms with Crippen molar-refractivity contribution in [3.63, 3.8) is 0 Å². The van der Waals surface area contributed by atoms with Gasteiger partial charge in [0.15, 0.2) is 0 Å². The molecule has 1 aromatic carbocycles. The molecule has 2 rings (SSSR count). The van der Waals surface area contributed by atoms with Gasteiger partial charge in [-0.2, -0.15) is 0 Å². The fourth-order valence-electron chi connectivity index (χ4n) is 3.25. The van der Waals surface area contributed by atoms with Crippen LogP contribution in [0.4, 0.5) is 4.39 Å². The lowest BCUT2D eigenvalue weighted by Crippen LogP contribution is -2.36. The second kappa shape index (κ2) is 5.18. The summed E-state index contributed by atoms with van der Waals surface area (Å²) in [5.41, 5.74) is 1.35. The van der Waals surface area contributed by atoms with Crippen molar-refractivity contribution < 1.29 is 4.39 Å². The molecule has 1 N–H and O–H groups in total. The predicted molar refractivity (Wildman–Crippen MR) is 69.4 cm³/mol. The van der Waals surface area contributed by atoms with Gasteiger partial charge in [-0.3, -0.25) is 0 Å². The van der Waals surface area contributed by atoms with E-state index in [2.05, 4.69) is 12.2 Å². The van der Waals surface area contributed by atoms with Crippen LogP contribution in [0.25, 0.3) is 0 Å². The molecule has 0 amide bonds. The highest BCUT2D eigenvalue weighted by atomic mass is 19.1. The summed E-state index contributed by atoms with van der Waals surface area (Å²) in [6.07, 6.45) is 6.40. The van der Waals surface area contributed by atoms with E-state index < -0.39 is 0 Å². The number of halogens is 1. The Kier molecular flexibility index (Phi) is 3.82. The lowest BCUT2D eigenvalue weighted by atomic mass is 9.68. The van der Waals surface area contributed by atoms with Crippen LogP contribution in [-0.4, -0.2) is 7.05 Å². The quantitative estimate of drug-likeness (QED) is 0.833. The standard InChI is InChI=1S/C15H22FN/c1-15(9-4-3-5-10-15)14(17-2)12-7-6-8-13(16)11-12/h6-8,11,14,17H,3-5,9-10H2,1-2H3. The molecule has 0 heterocycles. The zero-order chi connectivity index (χ0) is 12.3. The summed E-state index contributed by atoms with van der Waals surface area (Å²) in [6, 6.07) is 7.28. The van der Waals surface area contributed by atoms with Crippen molar-refractivity contribution in [3.8, 4) is 0 Å². The van der Waals surface area contributed by atoms with Crippen molar-refractivity contribution in [1.29, 1.82) is 0 Å². The summed E-state index contributed by atoms with van der Waals surface area (Å²) in [6.45, 7) is 2.33. The maximum absolute atomic E-state index is 13.3. The maximum atomic E-state index is 13.3. The summed E-state index contributed by atoms with van der Waals surface area (Å²) in [5, 5.41) is 3.39. The van der Waals surface area contributed by atoms with Gasteiger partial charge in [0, 0.05) is 6.04 Å². The highest BCUT2D eigenvalue weighted by Crippen LogP contribution is 2.45. The maximum Gasteiger partial charge on any atom is 0.123 e. The van der Waals surface area contributed by atoms with Crippen LogP contribution in [0.3, 0.4) is 0 Å². The van der Waals surface area contributed by atoms with E-state index in [9.17, 15) is 4.39 Å². The zero-order valence-corrected chi connectivity index (χ0v) is 10.8. The Morgan fingerprint density at radius 1 is 1.24 bits per heavy atom. The third-order valence-electron chi connectivity index (χ3n) is 4.16. The molecular weight excluding hydrogens is 213 g/mol. The van der Waals surface area contributed by atoms with Crippen LogP contribution in [0.5, 0.6) is 0 Å². The van der Waals surface area contributed by atoms with Crippen molar-refractivity contribution in [2.45, 2.75) is 45.1 Å². The van der Waals surface area contributed by atoms with Gasteiger partial charge in [-0.05, 0) is 43.0 Å². The minimum atomic E-state index is -0.137. The second-order valence-corrected chi connectivity index (χ2v) is 5.49. The van der Waals surface area contributed by atoms with Crippen LogP contribution in [0.2, 0.25) is 0 Å². The van der Waals surface area contributed by atoms with Crippen molar-refractivity contribution in [2.75, 3.05) is 7.05 Å². The molecule has 1 nitrogen and oxygen atoms in total. The molecule has 2 heteroatoms. The SMILES string of the molecule is CNC(c1cccc(F)c1)C1(C)CCCCC1. The average Bonchev–Trinajstić information content (AvgIpc) is 2.30. The molecule has 17 heavy (non-hydrogen) atoms. The van der Waals surface area contributed by atoms with Gasteiger partial charge in [0.1, 0.15) is 5.82 Å². The van der Waals surface area contributed by atoms with Gasteiger partial charge in [-0.15, -0.1) is 0 Å². The molecule has 0 spiro atoms. The summed E-state index contributed by atoms with van der Waals surface area (Å²) in [5.74, 6) is -0.137. The van der Waals surface area contributed by atoms with Crippen LogP contribution >= 0.6 is 0 Å². The first-order chi connectivity index (χ1) is 8.15. The number of hydrogen-bond donors (Lipinski definition) is 1. The van der Waals surface area contributed by atoms with Gasteiger partial charge < -0.3 is 5.32 Å². The summed E-state index contributed by atoms with van der Waals surface area (Å²) in [7, 11) is 1.98. The van der Waals surface area contributed by atoms with E-state index in [1.165, 1.54) is 38.2 Å². The molecule has 1 saturated carbocycles. The lowest BCUT2D eigenvalue weighted by Gasteiger charge is -2.41. The van der Waals surface area contributed by atoms with Crippen molar-refractivity contribution in [2.24, 2.45) is 5.41 Å². The normalized spacial score (nSPS) is 21.1. The van der Waals surface area contributed by atoms with Gasteiger partial charge in [0.05, 0.1) is 0 Å². The summed E-state index contributed by atoms with van der Waals surface area (Å²) >= 11 is 0. The molecule has 1 aliphatic rings. The van der Waals surface area contributed by atoms with Crippen LogP contribution in [-0.2, 0) is 0 Å². The second-order valence-electron chi connectivity index (χ2n) is 5.49. The van der Waals surface area contributed by atoms with E-state index in [0.717, 1.165) is 5.56 Å². The molecule has 1 unspecified atom stereocenters. The Labute approximate surface area is 103 Å². The van der Waals surface area contributed by atoms with Gasteiger partial charge >= 0.3 is 0 Å². The van der Waals surface area contributed by atoms with Crippen molar-refractivity contribution in [1.82, 2.24) is 5.32 Å². The average molecular weight is 235 g/mol. The van der Waals surface area contributed by atoms with Gasteiger partial charge in [-0.1, -0.05) is 38.3 Å². The number of benzene rings is 1. The Morgan fingerprint density at radius 2 is 1.94 bits per heavy atom. The van der Waals surface area contributed by atoms with Gasteiger partial charge in [-0.25, -0.2) is 4.39 Å². The molecule has 1 aromatic rings. The van der Waals surface area contributed by atoms with E-state index in [0.29, 0.717) is 0 Å². The molecule has 0 aliphatic heterocycles. The Balaban J connectivity index is 2.26. The summed E-state index contributed by atoms with van der Waals surface area (Å²) < 4.78 is 13.3. The first kappa shape index (κ1) is 12.6. The molecule has 0 aromatic heterocycles. The van der Waals surface area contributed by atoms with E-state index >= 15 is 0 Å². The Bertz CT molecular complexity index is 369. The van der Waals surface area contributed by atoms with E-state index in [1.807, 2.05) is 13.1 Å². The fraction of sp³-hybridized carbons (Fsp3) is 0.600.